The largest absolute Gasteiger partial charge is 0.324 e. The molecule has 1 aromatic heterocycles. The molecule has 2 rings (SSSR count). The number of aromatic amines is 1. The van der Waals surface area contributed by atoms with E-state index < -0.39 is 6.04 Å². The van der Waals surface area contributed by atoms with Crippen molar-refractivity contribution in [3.05, 3.63) is 23.9 Å². The van der Waals surface area contributed by atoms with Crippen molar-refractivity contribution in [1.82, 2.24) is 10.2 Å². The van der Waals surface area contributed by atoms with E-state index in [4.69, 9.17) is 5.73 Å². The predicted molar refractivity (Wildman–Crippen MR) is 79.6 cm³/mol. The van der Waals surface area contributed by atoms with E-state index in [-0.39, 0.29) is 18.3 Å². The summed E-state index contributed by atoms with van der Waals surface area (Å²) in [6.45, 7) is 3.96. The molecule has 104 valence electrons. The summed E-state index contributed by atoms with van der Waals surface area (Å²) >= 11 is 0. The molecule has 1 unspecified atom stereocenters. The van der Waals surface area contributed by atoms with Crippen molar-refractivity contribution in [3.8, 4) is 0 Å². The number of carbonyl (C=O) groups is 1. The average molecular weight is 283 g/mol. The topological polar surface area (TPSA) is 83.8 Å². The molecule has 0 aliphatic rings. The van der Waals surface area contributed by atoms with Crippen LogP contribution in [0, 0.1) is 6.92 Å². The number of aryl methyl sites for hydroxylation is 1. The lowest BCUT2D eigenvalue weighted by atomic mass is 10.1. The van der Waals surface area contributed by atoms with Crippen LogP contribution in [0.1, 0.15) is 25.3 Å². The number of fused-ring (bicyclic) bond motifs is 1. The highest BCUT2D eigenvalue weighted by atomic mass is 35.5. The molecule has 0 fully saturated rings. The lowest BCUT2D eigenvalue weighted by Crippen LogP contribution is -2.35. The molecule has 0 bridgehead atoms. The van der Waals surface area contributed by atoms with Gasteiger partial charge in [-0.3, -0.25) is 9.89 Å². The van der Waals surface area contributed by atoms with Gasteiger partial charge in [0.05, 0.1) is 17.8 Å². The number of carbonyl (C=O) groups excluding carboxylic acids is 1. The van der Waals surface area contributed by atoms with Crippen LogP contribution in [-0.4, -0.2) is 22.1 Å². The van der Waals surface area contributed by atoms with Gasteiger partial charge in [-0.1, -0.05) is 13.3 Å². The number of anilines is 1. The Morgan fingerprint density at radius 2 is 2.26 bits per heavy atom. The van der Waals surface area contributed by atoms with E-state index in [2.05, 4.69) is 15.5 Å². The molecule has 0 aliphatic carbocycles. The number of benzene rings is 1. The highest BCUT2D eigenvalue weighted by Crippen LogP contribution is 2.22. The molecule has 4 N–H and O–H groups in total. The molecule has 0 saturated heterocycles. The molecule has 1 heterocycles. The second-order valence-electron chi connectivity index (χ2n) is 4.51. The summed E-state index contributed by atoms with van der Waals surface area (Å²) in [6, 6.07) is 3.42. The zero-order valence-electron chi connectivity index (χ0n) is 11.1. The average Bonchev–Trinajstić information content (AvgIpc) is 2.76. The SMILES string of the molecule is CCCC(N)C(=O)Nc1cc2[nH]ncc2cc1C.Cl. The second kappa shape index (κ2) is 6.54. The van der Waals surface area contributed by atoms with Gasteiger partial charge in [-0.2, -0.15) is 5.10 Å². The molecule has 0 spiro atoms. The number of nitrogens with one attached hydrogen (secondary N) is 2. The van der Waals surface area contributed by atoms with Gasteiger partial charge in [-0.25, -0.2) is 0 Å². The Morgan fingerprint density at radius 1 is 1.53 bits per heavy atom. The van der Waals surface area contributed by atoms with E-state index in [9.17, 15) is 4.79 Å². The number of halogens is 1. The molecule has 1 aromatic carbocycles. The summed E-state index contributed by atoms with van der Waals surface area (Å²) < 4.78 is 0. The molecular formula is C13H19ClN4O. The first-order chi connectivity index (χ1) is 8.61. The standard InChI is InChI=1S/C13H18N4O.ClH/c1-3-4-10(14)13(18)16-11-6-12-9(5-8(11)2)7-15-17-12;/h5-7,10H,3-4,14H2,1-2H3,(H,15,17)(H,16,18);1H. The first-order valence-electron chi connectivity index (χ1n) is 6.12. The van der Waals surface area contributed by atoms with Crippen LogP contribution in [0.2, 0.25) is 0 Å². The number of aromatic nitrogens is 2. The minimum absolute atomic E-state index is 0. The summed E-state index contributed by atoms with van der Waals surface area (Å²) in [5.74, 6) is -0.140. The van der Waals surface area contributed by atoms with E-state index in [1.165, 1.54) is 0 Å². The number of hydrogen-bond donors (Lipinski definition) is 3. The van der Waals surface area contributed by atoms with Gasteiger partial charge in [-0.05, 0) is 31.0 Å². The smallest absolute Gasteiger partial charge is 0.241 e. The van der Waals surface area contributed by atoms with Gasteiger partial charge in [-0.15, -0.1) is 12.4 Å². The van der Waals surface area contributed by atoms with E-state index in [1.54, 1.807) is 6.20 Å². The maximum Gasteiger partial charge on any atom is 0.241 e. The summed E-state index contributed by atoms with van der Waals surface area (Å²) in [6.07, 6.45) is 3.35. The van der Waals surface area contributed by atoms with Crippen molar-refractivity contribution in [2.75, 3.05) is 5.32 Å². The fourth-order valence-electron chi connectivity index (χ4n) is 1.91. The maximum absolute atomic E-state index is 11.9. The van der Waals surface area contributed by atoms with Crippen LogP contribution in [0.25, 0.3) is 10.9 Å². The fourth-order valence-corrected chi connectivity index (χ4v) is 1.91. The zero-order chi connectivity index (χ0) is 13.1. The molecular weight excluding hydrogens is 264 g/mol. The Kier molecular flexibility index (Phi) is 5.32. The van der Waals surface area contributed by atoms with E-state index >= 15 is 0 Å². The quantitative estimate of drug-likeness (QED) is 0.805. The summed E-state index contributed by atoms with van der Waals surface area (Å²) in [4.78, 5) is 11.9. The van der Waals surface area contributed by atoms with Crippen LogP contribution in [0.4, 0.5) is 5.69 Å². The molecule has 0 aliphatic heterocycles. The third-order valence-electron chi connectivity index (χ3n) is 2.98. The number of hydrogen-bond acceptors (Lipinski definition) is 3. The van der Waals surface area contributed by atoms with E-state index in [1.807, 2.05) is 26.0 Å². The van der Waals surface area contributed by atoms with Gasteiger partial charge in [0.2, 0.25) is 5.91 Å². The zero-order valence-corrected chi connectivity index (χ0v) is 11.9. The second-order valence-corrected chi connectivity index (χ2v) is 4.51. The van der Waals surface area contributed by atoms with Crippen molar-refractivity contribution in [1.29, 1.82) is 0 Å². The molecule has 19 heavy (non-hydrogen) atoms. The van der Waals surface area contributed by atoms with Crippen LogP contribution < -0.4 is 11.1 Å². The summed E-state index contributed by atoms with van der Waals surface area (Å²) in [5.41, 5.74) is 8.47. The molecule has 0 saturated carbocycles. The van der Waals surface area contributed by atoms with Gasteiger partial charge in [0, 0.05) is 11.1 Å². The van der Waals surface area contributed by atoms with Crippen molar-refractivity contribution < 1.29 is 4.79 Å². The van der Waals surface area contributed by atoms with Crippen molar-refractivity contribution in [3.63, 3.8) is 0 Å². The van der Waals surface area contributed by atoms with Crippen LogP contribution in [0.5, 0.6) is 0 Å². The minimum Gasteiger partial charge on any atom is -0.324 e. The van der Waals surface area contributed by atoms with Gasteiger partial charge in [0.1, 0.15) is 0 Å². The number of nitrogens with zero attached hydrogens (tertiary/aromatic N) is 1. The number of H-pyrrole nitrogens is 1. The normalized spacial score (nSPS) is 11.9. The van der Waals surface area contributed by atoms with Gasteiger partial charge < -0.3 is 11.1 Å². The highest BCUT2D eigenvalue weighted by molar-refractivity contribution is 5.97. The number of rotatable bonds is 4. The molecule has 2 aromatic rings. The van der Waals surface area contributed by atoms with Gasteiger partial charge in [0.15, 0.2) is 0 Å². The Bertz CT molecular complexity index is 567. The third-order valence-corrected chi connectivity index (χ3v) is 2.98. The van der Waals surface area contributed by atoms with Crippen molar-refractivity contribution in [2.45, 2.75) is 32.7 Å². The van der Waals surface area contributed by atoms with Crippen LogP contribution in [0.15, 0.2) is 18.3 Å². The van der Waals surface area contributed by atoms with Crippen molar-refractivity contribution >= 4 is 34.9 Å². The Labute approximate surface area is 118 Å². The highest BCUT2D eigenvalue weighted by Gasteiger charge is 2.13. The lowest BCUT2D eigenvalue weighted by Gasteiger charge is -2.13. The first kappa shape index (κ1) is 15.5. The third kappa shape index (κ3) is 3.45. The first-order valence-corrected chi connectivity index (χ1v) is 6.12. The Balaban J connectivity index is 0.00000180. The van der Waals surface area contributed by atoms with Crippen molar-refractivity contribution in [2.24, 2.45) is 5.73 Å². The molecule has 0 radical (unpaired) electrons. The van der Waals surface area contributed by atoms with Crippen LogP contribution in [0.3, 0.4) is 0 Å². The maximum atomic E-state index is 11.9. The van der Waals surface area contributed by atoms with Crippen LogP contribution >= 0.6 is 12.4 Å². The minimum atomic E-state index is -0.452. The Hall–Kier alpha value is -1.59. The molecule has 1 amide bonds. The summed E-state index contributed by atoms with van der Waals surface area (Å²) in [5, 5.41) is 10.7. The monoisotopic (exact) mass is 282 g/mol. The van der Waals surface area contributed by atoms with E-state index in [0.717, 1.165) is 28.6 Å². The van der Waals surface area contributed by atoms with E-state index in [0.29, 0.717) is 6.42 Å². The lowest BCUT2D eigenvalue weighted by molar-refractivity contribution is -0.117. The fraction of sp³-hybridized carbons (Fsp3) is 0.385. The molecule has 1 atom stereocenters. The molecule has 6 heteroatoms. The van der Waals surface area contributed by atoms with Gasteiger partial charge >= 0.3 is 0 Å². The number of nitrogens with two attached hydrogens (primary N) is 1. The Morgan fingerprint density at radius 3 is 2.95 bits per heavy atom. The van der Waals surface area contributed by atoms with Crippen LogP contribution in [-0.2, 0) is 4.79 Å². The molecule has 5 nitrogen and oxygen atoms in total. The van der Waals surface area contributed by atoms with Gasteiger partial charge in [0.25, 0.3) is 0 Å². The summed E-state index contributed by atoms with van der Waals surface area (Å²) in [7, 11) is 0. The predicted octanol–water partition coefficient (Wildman–Crippen LogP) is 2.36. The number of amides is 1.